The van der Waals surface area contributed by atoms with Gasteiger partial charge in [0.1, 0.15) is 0 Å². The number of fused-ring (bicyclic) bond motifs is 23. The molecule has 0 N–H and O–H groups in total. The topological polar surface area (TPSA) is 51.6 Å². The van der Waals surface area contributed by atoms with Gasteiger partial charge in [0.15, 0.2) is 11.5 Å². The summed E-state index contributed by atoms with van der Waals surface area (Å²) >= 11 is 0. The van der Waals surface area contributed by atoms with Gasteiger partial charge in [-0.05, 0) is 260 Å². The van der Waals surface area contributed by atoms with Crippen molar-refractivity contribution in [2.24, 2.45) is 0 Å². The average Bonchev–Trinajstić information content (AvgIpc) is 1.70. The standard InChI is InChI=1S/C28H25N.3C19H17N.C18H21N.C15H15NO.C14H14N2/c1-21(2)29-26-19-11-9-17-24(26)28(22-13-5-3-6-14-22,23-15-7-4-8-16-23)25-18-10-12-20-27(25)29;1-13(2)20-18-10-6-5-9-16(18)17-11-14-7-3-4-8-15(14)12-19(17)20;1-13(2)20-18-10-6-5-9-16(18)17-12-11-14-7-3-4-8-15(14)19(17)20;1-13(2)20-17-10-6-5-9-16(17)19-15-8-4-3-7-14(15)11-12-18(19)20;1-13(2)19-16-11-7-5-9-14(16)18(3,4)15-10-6-8-12-17(15)19;1-11(2)16-12-7-3-5-9-14(12)17-15-10-6-4-8-13(15)16;1-10(2)16-12-7-4-3-6-11(12)14-13(16)8-5-9-15-14/h3-21H,1-2H3;3*3-13H,1-2H3;5-13H,1-4H3;3-11H,1-2H3;3-10H,1-2H3. The van der Waals surface area contributed by atoms with Crippen molar-refractivity contribution in [2.45, 2.75) is 164 Å². The second-order valence-electron chi connectivity index (χ2n) is 40.0. The van der Waals surface area contributed by atoms with Gasteiger partial charge in [0.2, 0.25) is 0 Å². The van der Waals surface area contributed by atoms with Gasteiger partial charge in [0, 0.05) is 147 Å². The summed E-state index contributed by atoms with van der Waals surface area (Å²) in [6.45, 7) is 36.0. The molecule has 9 heteroatoms. The van der Waals surface area contributed by atoms with E-state index < -0.39 is 0 Å². The molecule has 0 radical (unpaired) electrons. The van der Waals surface area contributed by atoms with Crippen molar-refractivity contribution in [1.82, 2.24) is 23.3 Å². The number of pyridine rings is 1. The number of rotatable bonds is 9. The molecule has 0 spiro atoms. The smallest absolute Gasteiger partial charge is 0.151 e. The molecule has 0 aliphatic carbocycles. The van der Waals surface area contributed by atoms with E-state index >= 15 is 0 Å². The molecule has 141 heavy (non-hydrogen) atoms. The molecule has 0 bridgehead atoms. The molecule has 0 unspecified atom stereocenters. The number of hydrogen-bond acceptors (Lipinski definition) is 5. The third-order valence-electron chi connectivity index (χ3n) is 28.5. The Morgan fingerprint density at radius 1 is 0.220 bits per heavy atom. The Morgan fingerprint density at radius 3 is 1.05 bits per heavy atom. The number of aromatic nitrogens is 5. The molecule has 0 amide bonds. The molecule has 9 nitrogen and oxygen atoms in total. The molecule has 0 atom stereocenters. The van der Waals surface area contributed by atoms with Crippen molar-refractivity contribution in [3.05, 3.63) is 464 Å². The van der Waals surface area contributed by atoms with Gasteiger partial charge < -0.3 is 37.7 Å². The summed E-state index contributed by atoms with van der Waals surface area (Å²) < 4.78 is 15.6. The minimum absolute atomic E-state index is 0.0680. The Balaban J connectivity index is 0.000000102. The van der Waals surface area contributed by atoms with E-state index in [-0.39, 0.29) is 10.8 Å². The Kier molecular flexibility index (Phi) is 25.9. The van der Waals surface area contributed by atoms with E-state index in [1.165, 1.54) is 170 Å². The molecular weight excluding hydrogens is 1710 g/mol. The van der Waals surface area contributed by atoms with Gasteiger partial charge in [-0.1, -0.05) is 335 Å². The molecular formula is C132H126N8O. The van der Waals surface area contributed by atoms with E-state index in [1.54, 1.807) is 0 Å². The summed E-state index contributed by atoms with van der Waals surface area (Å²) in [6, 6.07) is 155. The SMILES string of the molecule is CC(C)N1c2ccccc2C(C)(C)c2ccccc21.CC(C)N1c2ccccc2C(c2ccccc2)(c2ccccc2)c2ccccc21.CC(C)N1c2ccccc2Oc2ccccc21.CC(C)n1c2ccccc2c2c3ccccc3ccc21.CC(C)n1c2ccccc2c2cc3ccccc3cc21.CC(C)n1c2ccccc2c2ccc3ccccc3c21.CC(C)n1c2ccccc2c2ncccc21. The molecule has 0 fully saturated rings. The highest BCUT2D eigenvalue weighted by Crippen LogP contribution is 2.57. The first-order chi connectivity index (χ1) is 68.6. The fraction of sp³-hybridized carbons (Fsp3) is 0.189. The lowest BCUT2D eigenvalue weighted by Crippen LogP contribution is -2.41. The van der Waals surface area contributed by atoms with Crippen LogP contribution in [0.3, 0.4) is 0 Å². The molecule has 23 aromatic rings. The normalized spacial score (nSPS) is 13.1. The van der Waals surface area contributed by atoms with Crippen molar-refractivity contribution < 1.29 is 4.74 Å². The minimum atomic E-state index is -0.346. The number of hydrogen-bond donors (Lipinski definition) is 0. The van der Waals surface area contributed by atoms with Crippen molar-refractivity contribution in [3.63, 3.8) is 0 Å². The van der Waals surface area contributed by atoms with E-state index in [4.69, 9.17) is 4.74 Å². The number of nitrogens with zero attached hydrogens (tertiary/aromatic N) is 8. The van der Waals surface area contributed by atoms with E-state index in [0.717, 1.165) is 28.4 Å². The highest BCUT2D eigenvalue weighted by Gasteiger charge is 2.47. The van der Waals surface area contributed by atoms with Gasteiger partial charge >= 0.3 is 0 Å². The maximum absolute atomic E-state index is 5.92. The van der Waals surface area contributed by atoms with E-state index in [9.17, 15) is 0 Å². The first kappa shape index (κ1) is 93.0. The zero-order chi connectivity index (χ0) is 97.5. The lowest BCUT2D eigenvalue weighted by Gasteiger charge is -2.47. The second-order valence-corrected chi connectivity index (χ2v) is 40.0. The summed E-state index contributed by atoms with van der Waals surface area (Å²) in [6.07, 6.45) is 1.86. The van der Waals surface area contributed by atoms with Gasteiger partial charge in [0.25, 0.3) is 0 Å². The fourth-order valence-corrected chi connectivity index (χ4v) is 22.8. The van der Waals surface area contributed by atoms with Crippen LogP contribution in [0.4, 0.5) is 34.1 Å². The second kappa shape index (κ2) is 39.3. The first-order valence-electron chi connectivity index (χ1n) is 50.4. The Labute approximate surface area is 830 Å². The van der Waals surface area contributed by atoms with Crippen molar-refractivity contribution in [1.29, 1.82) is 0 Å². The third kappa shape index (κ3) is 16.8. The van der Waals surface area contributed by atoms with E-state index in [1.807, 2.05) is 48.7 Å². The molecule has 3 aliphatic rings. The third-order valence-corrected chi connectivity index (χ3v) is 28.5. The van der Waals surface area contributed by atoms with Crippen LogP contribution in [0.25, 0.3) is 120 Å². The van der Waals surface area contributed by atoms with Crippen molar-refractivity contribution in [3.8, 4) is 11.5 Å². The van der Waals surface area contributed by atoms with Crippen LogP contribution in [0, 0.1) is 0 Å². The van der Waals surface area contributed by atoms with Gasteiger partial charge in [-0.15, -0.1) is 0 Å². The van der Waals surface area contributed by atoms with E-state index in [2.05, 4.69) is 531 Å². The lowest BCUT2D eigenvalue weighted by atomic mass is 9.62. The summed E-state index contributed by atoms with van der Waals surface area (Å²) in [4.78, 5) is 11.7. The largest absolute Gasteiger partial charge is 0.453 e. The quantitative estimate of drug-likeness (QED) is 0.144. The van der Waals surface area contributed by atoms with Crippen molar-refractivity contribution in [2.75, 3.05) is 14.7 Å². The highest BCUT2D eigenvalue weighted by molar-refractivity contribution is 6.21. The molecule has 0 saturated carbocycles. The molecule has 0 saturated heterocycles. The predicted octanol–water partition coefficient (Wildman–Crippen LogP) is 36.5. The number of ether oxygens (including phenoxy) is 1. The maximum atomic E-state index is 5.92. The van der Waals surface area contributed by atoms with Gasteiger partial charge in [-0.3, -0.25) is 4.98 Å². The Bertz CT molecular complexity index is 8190. The van der Waals surface area contributed by atoms with Gasteiger partial charge in [0.05, 0.1) is 38.9 Å². The van der Waals surface area contributed by atoms with Crippen LogP contribution in [-0.4, -0.2) is 41.4 Å². The van der Waals surface area contributed by atoms with Gasteiger partial charge in [-0.25, -0.2) is 0 Å². The highest BCUT2D eigenvalue weighted by atomic mass is 16.5. The van der Waals surface area contributed by atoms with Crippen LogP contribution < -0.4 is 19.4 Å². The zero-order valence-corrected chi connectivity index (χ0v) is 84.0. The Morgan fingerprint density at radius 2 is 0.553 bits per heavy atom. The summed E-state index contributed by atoms with van der Waals surface area (Å²) in [5.41, 5.74) is 27.0. The molecule has 18 aromatic carbocycles. The van der Waals surface area contributed by atoms with Gasteiger partial charge in [-0.2, -0.15) is 0 Å². The molecule has 8 heterocycles. The number of para-hydroxylation sites is 12. The lowest BCUT2D eigenvalue weighted by molar-refractivity contribution is 0.469. The van der Waals surface area contributed by atoms with Crippen LogP contribution in [0.2, 0.25) is 0 Å². The van der Waals surface area contributed by atoms with Crippen LogP contribution in [0.1, 0.15) is 168 Å². The first-order valence-corrected chi connectivity index (χ1v) is 50.4. The minimum Gasteiger partial charge on any atom is -0.453 e. The fourth-order valence-electron chi connectivity index (χ4n) is 22.8. The summed E-state index contributed by atoms with van der Waals surface area (Å²) in [5.74, 6) is 1.86. The average molecular weight is 1840 g/mol. The number of benzene rings is 18. The molecule has 5 aromatic heterocycles. The van der Waals surface area contributed by atoms with Crippen LogP contribution in [0.15, 0.2) is 431 Å². The molecule has 700 valence electrons. The summed E-state index contributed by atoms with van der Waals surface area (Å²) in [7, 11) is 0. The van der Waals surface area contributed by atoms with Crippen LogP contribution in [-0.2, 0) is 10.8 Å². The van der Waals surface area contributed by atoms with Crippen molar-refractivity contribution >= 4 is 154 Å². The molecule has 3 aliphatic heterocycles. The van der Waals surface area contributed by atoms with E-state index in [0.29, 0.717) is 42.3 Å². The van der Waals surface area contributed by atoms with Crippen LogP contribution >= 0.6 is 0 Å². The van der Waals surface area contributed by atoms with Crippen LogP contribution in [0.5, 0.6) is 11.5 Å². The maximum Gasteiger partial charge on any atom is 0.151 e. The number of anilines is 6. The summed E-state index contributed by atoms with van der Waals surface area (Å²) in [5, 5.41) is 17.3. The predicted molar refractivity (Wildman–Crippen MR) is 604 cm³/mol. The molecule has 26 rings (SSSR count). The zero-order valence-electron chi connectivity index (χ0n) is 84.0. The Hall–Kier alpha value is -15.7. The monoisotopic (exact) mass is 1840 g/mol.